The summed E-state index contributed by atoms with van der Waals surface area (Å²) in [4.78, 5) is 218. The first-order chi connectivity index (χ1) is 54.4. The number of aromatic nitrogens is 3. The molecule has 0 saturated carbocycles. The predicted molar refractivity (Wildman–Crippen MR) is 422 cm³/mol. The van der Waals surface area contributed by atoms with Crippen LogP contribution in [0.15, 0.2) is 97.6 Å². The Bertz CT molecular complexity index is 4120. The number of amides is 12. The Hall–Kier alpha value is -11.8. The van der Waals surface area contributed by atoms with Gasteiger partial charge >= 0.3 is 17.9 Å². The van der Waals surface area contributed by atoms with Crippen molar-refractivity contribution < 1.29 is 92.3 Å². The molecule has 0 fully saturated rings. The van der Waals surface area contributed by atoms with Gasteiger partial charge in [-0.15, -0.1) is 0 Å². The maximum Gasteiger partial charge on any atom is 0.326 e. The number of H-pyrrole nitrogens is 2. The first kappa shape index (κ1) is 93.8. The minimum absolute atomic E-state index is 0.113. The molecule has 0 aliphatic carbocycles. The van der Waals surface area contributed by atoms with Crippen LogP contribution >= 0.6 is 0 Å². The molecule has 36 heteroatoms. The molecule has 0 aliphatic rings. The number of aromatic hydroxyl groups is 1. The summed E-state index contributed by atoms with van der Waals surface area (Å²) in [6, 6.07) is 2.14. The van der Waals surface area contributed by atoms with E-state index in [1.165, 1.54) is 50.6 Å². The summed E-state index contributed by atoms with van der Waals surface area (Å²) < 4.78 is 0. The Morgan fingerprint density at radius 1 is 0.443 bits per heavy atom. The van der Waals surface area contributed by atoms with Gasteiger partial charge in [0.05, 0.1) is 24.5 Å². The number of fused-ring (bicyclic) bond motifs is 1. The standard InChI is InChI=1S/C79H113N17O19/c1-11-43(7)65(77(112)93-61(79(114)115)35-49-38-83-54-24-17-16-22-52(49)54)96-78(113)66(44(8)12-2)95-75(110)60(37-63(100)101)91-72(107)56(32-41(3)4)89-74(109)59(36-50-39-82-40-84-50)88-67(102)45(9)86-71(106)57(33-47-20-14-13-15-21-47)90-73(108)58(34-48-25-27-51(97)28-26-48)92-76(111)64(42(5)6)94-68(103)46(10)85-70(105)55(29-30-62(98)99)87-69(104)53(81)23-18-19-31-80/h13-17,20-22,24-28,38-46,53,55-61,64-66,83,97H,11-12,18-19,23,29-37,80-81H2,1-10H3,(H,82,84)(H,85,105)(H,86,106)(H,87,104)(H,88,102)(H,89,109)(H,90,108)(H,91,107)(H,92,111)(H,93,112)(H,94,103)(H,95,110)(H,96,113)(H,98,99)(H,100,101)(H,114,115)/t43-,44-,45-,46-,53-,55-,56-,57-,58-,59-,60-,61-,64-,65-,66-/m0/s1. The number of nitrogens with zero attached hydrogens (tertiary/aromatic N) is 1. The number of phenols is 1. The van der Waals surface area contributed by atoms with E-state index in [2.05, 4.69) is 78.8 Å². The maximum absolute atomic E-state index is 14.8. The van der Waals surface area contributed by atoms with Crippen molar-refractivity contribution in [3.8, 4) is 5.75 Å². The molecule has 22 N–H and O–H groups in total. The predicted octanol–water partition coefficient (Wildman–Crippen LogP) is 0.399. The van der Waals surface area contributed by atoms with Crippen molar-refractivity contribution in [3.05, 3.63) is 120 Å². The molecule has 15 atom stereocenters. The molecule has 0 unspecified atom stereocenters. The van der Waals surface area contributed by atoms with Crippen LogP contribution in [0.25, 0.3) is 10.9 Å². The van der Waals surface area contributed by atoms with Crippen LogP contribution in [0, 0.1) is 23.7 Å². The van der Waals surface area contributed by atoms with Gasteiger partial charge in [-0.1, -0.05) is 135 Å². The van der Waals surface area contributed by atoms with Gasteiger partial charge in [0, 0.05) is 55.4 Å². The number of aromatic amines is 2. The second-order valence-electron chi connectivity index (χ2n) is 29.6. The van der Waals surface area contributed by atoms with Crippen LogP contribution < -0.4 is 75.3 Å². The van der Waals surface area contributed by atoms with Crippen molar-refractivity contribution in [1.29, 1.82) is 0 Å². The van der Waals surface area contributed by atoms with Crippen molar-refractivity contribution >= 4 is 99.7 Å². The number of hydrogen-bond acceptors (Lipinski definition) is 19. The zero-order chi connectivity index (χ0) is 85.3. The molecular formula is C79H113N17O19. The molecule has 5 rings (SSSR count). The van der Waals surface area contributed by atoms with Crippen LogP contribution in [-0.2, 0) is 97.6 Å². The number of unbranched alkanes of at least 4 members (excludes halogenated alkanes) is 1. The van der Waals surface area contributed by atoms with Gasteiger partial charge in [0.1, 0.15) is 78.3 Å². The lowest BCUT2D eigenvalue weighted by Gasteiger charge is -2.31. The Kier molecular flexibility index (Phi) is 37.8. The number of carbonyl (C=O) groups is 15. The number of carbonyl (C=O) groups excluding carboxylic acids is 12. The molecule has 0 radical (unpaired) electrons. The van der Waals surface area contributed by atoms with Crippen LogP contribution in [0.3, 0.4) is 0 Å². The average Bonchev–Trinajstić information content (AvgIpc) is 1.73. The largest absolute Gasteiger partial charge is 0.508 e. The molecule has 0 aliphatic heterocycles. The molecule has 2 heterocycles. The van der Waals surface area contributed by atoms with E-state index in [1.54, 1.807) is 110 Å². The molecular weight excluding hydrogens is 1490 g/mol. The number of imidazole rings is 1. The summed E-state index contributed by atoms with van der Waals surface area (Å²) in [7, 11) is 0. The van der Waals surface area contributed by atoms with Gasteiger partial charge < -0.3 is 106 Å². The fraction of sp³-hybridized carbons (Fsp3) is 0.519. The minimum atomic E-state index is -1.89. The Morgan fingerprint density at radius 2 is 0.904 bits per heavy atom. The fourth-order valence-electron chi connectivity index (χ4n) is 12.3. The molecule has 0 saturated heterocycles. The van der Waals surface area contributed by atoms with Crippen molar-refractivity contribution in [1.82, 2.24) is 78.8 Å². The molecule has 0 bridgehead atoms. The molecule has 2 aromatic heterocycles. The number of para-hydroxylation sites is 1. The molecule has 5 aromatic rings. The summed E-state index contributed by atoms with van der Waals surface area (Å²) in [6.45, 7) is 16.2. The van der Waals surface area contributed by atoms with Gasteiger partial charge in [0.15, 0.2) is 0 Å². The molecule has 0 spiro atoms. The van der Waals surface area contributed by atoms with Gasteiger partial charge in [0.2, 0.25) is 70.9 Å². The van der Waals surface area contributed by atoms with Gasteiger partial charge in [-0.25, -0.2) is 9.78 Å². The zero-order valence-corrected chi connectivity index (χ0v) is 66.5. The van der Waals surface area contributed by atoms with E-state index in [9.17, 15) is 92.3 Å². The van der Waals surface area contributed by atoms with Gasteiger partial charge in [0.25, 0.3) is 0 Å². The van der Waals surface area contributed by atoms with Crippen LogP contribution in [0.2, 0.25) is 0 Å². The normalized spacial score (nSPS) is 15.2. The number of hydrogen-bond donors (Lipinski definition) is 20. The van der Waals surface area contributed by atoms with Crippen molar-refractivity contribution in [2.24, 2.45) is 35.1 Å². The zero-order valence-electron chi connectivity index (χ0n) is 66.5. The van der Waals surface area contributed by atoms with Crippen molar-refractivity contribution in [3.63, 3.8) is 0 Å². The summed E-state index contributed by atoms with van der Waals surface area (Å²) in [5, 5.41) is 71.6. The van der Waals surface area contributed by atoms with E-state index in [0.29, 0.717) is 42.5 Å². The number of nitrogens with two attached hydrogens (primary N) is 2. The Labute approximate surface area is 666 Å². The van der Waals surface area contributed by atoms with Crippen LogP contribution in [-0.4, -0.2) is 209 Å². The number of nitrogens with one attached hydrogen (secondary N) is 14. The second kappa shape index (κ2) is 46.4. The number of carboxylic acid groups (broad SMARTS) is 3. The first-order valence-electron chi connectivity index (χ1n) is 38.5. The second-order valence-corrected chi connectivity index (χ2v) is 29.6. The Morgan fingerprint density at radius 3 is 1.45 bits per heavy atom. The topological polar surface area (TPSA) is 578 Å². The minimum Gasteiger partial charge on any atom is -0.508 e. The lowest BCUT2D eigenvalue weighted by Crippen LogP contribution is -2.62. The van der Waals surface area contributed by atoms with Crippen LogP contribution in [0.4, 0.5) is 0 Å². The van der Waals surface area contributed by atoms with E-state index in [0.717, 1.165) is 10.9 Å². The summed E-state index contributed by atoms with van der Waals surface area (Å²) in [5.74, 6) is -17.8. The van der Waals surface area contributed by atoms with Crippen molar-refractivity contribution in [2.75, 3.05) is 6.54 Å². The number of carboxylic acids is 3. The highest BCUT2D eigenvalue weighted by Crippen LogP contribution is 2.22. The third-order valence-electron chi connectivity index (χ3n) is 19.5. The van der Waals surface area contributed by atoms with Gasteiger partial charge in [-0.3, -0.25) is 67.1 Å². The number of phenolic OH excluding ortho intramolecular Hbond substituents is 1. The van der Waals surface area contributed by atoms with E-state index < -0.39 is 198 Å². The third-order valence-corrected chi connectivity index (χ3v) is 19.5. The average molecular weight is 1600 g/mol. The molecule has 12 amide bonds. The first-order valence-corrected chi connectivity index (χ1v) is 38.5. The van der Waals surface area contributed by atoms with E-state index in [4.69, 9.17) is 11.5 Å². The SMILES string of the molecule is CC[C@H](C)[C@H](NC(=O)[C@H](CC(=O)O)NC(=O)[C@H](CC(C)C)NC(=O)[C@H](Cc1c[nH]cn1)NC(=O)[C@H](C)NC(=O)[C@H](Cc1ccccc1)NC(=O)[C@H](Cc1ccc(O)cc1)NC(=O)[C@@H](NC(=O)[C@H](C)NC(=O)[C@H](CCC(=O)O)NC(=O)[C@@H](N)CCCCN)C(C)C)C(=O)N[C@H](C(=O)N[C@@H](Cc1c[nH]c2ccccc12)C(=O)O)[C@@H](C)CC. The summed E-state index contributed by atoms with van der Waals surface area (Å²) >= 11 is 0. The quantitative estimate of drug-likeness (QED) is 0.0234. The monoisotopic (exact) mass is 1600 g/mol. The Balaban J connectivity index is 1.34. The molecule has 36 nitrogen and oxygen atoms in total. The molecule has 628 valence electrons. The lowest BCUT2D eigenvalue weighted by molar-refractivity contribution is -0.143. The highest BCUT2D eigenvalue weighted by molar-refractivity contribution is 6.01. The van der Waals surface area contributed by atoms with Crippen LogP contribution in [0.1, 0.15) is 149 Å². The fourth-order valence-corrected chi connectivity index (χ4v) is 12.3. The highest BCUT2D eigenvalue weighted by Gasteiger charge is 2.40. The van der Waals surface area contributed by atoms with Crippen LogP contribution in [0.5, 0.6) is 5.75 Å². The van der Waals surface area contributed by atoms with E-state index in [-0.39, 0.29) is 68.7 Å². The summed E-state index contributed by atoms with van der Waals surface area (Å²) in [5.41, 5.74) is 14.1. The summed E-state index contributed by atoms with van der Waals surface area (Å²) in [6.07, 6.45) is 3.29. The number of rotatable bonds is 49. The smallest absolute Gasteiger partial charge is 0.326 e. The number of benzene rings is 3. The number of aliphatic carboxylic acids is 3. The van der Waals surface area contributed by atoms with Gasteiger partial charge in [-0.2, -0.15) is 0 Å². The van der Waals surface area contributed by atoms with Gasteiger partial charge in [-0.05, 0) is 105 Å². The third kappa shape index (κ3) is 30.6. The molecule has 3 aromatic carbocycles. The van der Waals surface area contributed by atoms with E-state index >= 15 is 0 Å². The maximum atomic E-state index is 14.8. The van der Waals surface area contributed by atoms with E-state index in [1.807, 2.05) is 6.07 Å². The lowest BCUT2D eigenvalue weighted by atomic mass is 9.94. The highest BCUT2D eigenvalue weighted by atomic mass is 16.4. The molecule has 115 heavy (non-hydrogen) atoms. The van der Waals surface area contributed by atoms with Crippen molar-refractivity contribution in [2.45, 2.75) is 231 Å².